The van der Waals surface area contributed by atoms with Crippen molar-refractivity contribution in [3.05, 3.63) is 67.8 Å². The number of nitrogens with one attached hydrogen (secondary N) is 1. The summed E-state index contributed by atoms with van der Waals surface area (Å²) in [6.07, 6.45) is 3.67. The minimum absolute atomic E-state index is 0.0558. The van der Waals surface area contributed by atoms with Crippen molar-refractivity contribution >= 4 is 11.5 Å². The Bertz CT molecular complexity index is 1360. The van der Waals surface area contributed by atoms with Crippen LogP contribution < -0.4 is 0 Å². The lowest BCUT2D eigenvalue weighted by Crippen LogP contribution is -2.08. The van der Waals surface area contributed by atoms with E-state index >= 15 is 0 Å². The SMILES string of the molecule is CCCCc1nc(CC(C)C)nn1Cc1ccc(-n2c([N+](=O)[O-])cc([N+](=O)[O-])c2-c2nnn[nH]2)cc1. The fourth-order valence-electron chi connectivity index (χ4n) is 3.95. The summed E-state index contributed by atoms with van der Waals surface area (Å²) in [4.78, 5) is 26.7. The first kappa shape index (κ1) is 24.6. The first-order chi connectivity index (χ1) is 17.3. The third-order valence-electron chi connectivity index (χ3n) is 5.58. The second-order valence-electron chi connectivity index (χ2n) is 8.81. The molecule has 36 heavy (non-hydrogen) atoms. The zero-order valence-corrected chi connectivity index (χ0v) is 20.2. The number of aromatic nitrogens is 8. The van der Waals surface area contributed by atoms with Gasteiger partial charge in [-0.2, -0.15) is 9.67 Å². The molecule has 3 heterocycles. The minimum atomic E-state index is -0.701. The number of aromatic amines is 1. The molecule has 0 unspecified atom stereocenters. The van der Waals surface area contributed by atoms with Crippen LogP contribution in [0.15, 0.2) is 30.3 Å². The highest BCUT2D eigenvalue weighted by molar-refractivity contribution is 5.72. The maximum absolute atomic E-state index is 11.7. The van der Waals surface area contributed by atoms with E-state index in [1.807, 2.05) is 4.68 Å². The van der Waals surface area contributed by atoms with Crippen molar-refractivity contribution < 1.29 is 9.85 Å². The molecular formula is C22H26N10O4. The Morgan fingerprint density at radius 1 is 1.11 bits per heavy atom. The van der Waals surface area contributed by atoms with Gasteiger partial charge in [-0.15, -0.1) is 5.10 Å². The number of H-pyrrole nitrogens is 1. The summed E-state index contributed by atoms with van der Waals surface area (Å²) in [5, 5.41) is 41.2. The Balaban J connectivity index is 1.70. The van der Waals surface area contributed by atoms with Gasteiger partial charge in [0.2, 0.25) is 5.82 Å². The van der Waals surface area contributed by atoms with Crippen LogP contribution in [0.5, 0.6) is 0 Å². The van der Waals surface area contributed by atoms with Crippen LogP contribution in [-0.4, -0.2) is 49.8 Å². The van der Waals surface area contributed by atoms with Crippen molar-refractivity contribution in [1.29, 1.82) is 0 Å². The molecule has 0 bridgehead atoms. The molecule has 0 aliphatic carbocycles. The van der Waals surface area contributed by atoms with E-state index in [1.165, 1.54) is 0 Å². The lowest BCUT2D eigenvalue weighted by atomic mass is 10.1. The van der Waals surface area contributed by atoms with Crippen LogP contribution >= 0.6 is 0 Å². The van der Waals surface area contributed by atoms with Crippen molar-refractivity contribution in [2.45, 2.75) is 53.0 Å². The molecule has 0 atom stereocenters. The van der Waals surface area contributed by atoms with E-state index in [-0.39, 0.29) is 11.5 Å². The van der Waals surface area contributed by atoms with Gasteiger partial charge in [-0.1, -0.05) is 39.3 Å². The van der Waals surface area contributed by atoms with Crippen molar-refractivity contribution in [2.75, 3.05) is 0 Å². The third kappa shape index (κ3) is 5.11. The largest absolute Gasteiger partial charge is 0.358 e. The maximum atomic E-state index is 11.7. The summed E-state index contributed by atoms with van der Waals surface area (Å²) in [5.74, 6) is 1.65. The Kier molecular flexibility index (Phi) is 7.12. The van der Waals surface area contributed by atoms with Gasteiger partial charge in [0.1, 0.15) is 17.6 Å². The molecular weight excluding hydrogens is 468 g/mol. The van der Waals surface area contributed by atoms with Gasteiger partial charge < -0.3 is 10.1 Å². The number of hydrogen-bond acceptors (Lipinski definition) is 9. The second-order valence-corrected chi connectivity index (χ2v) is 8.81. The molecule has 0 amide bonds. The van der Waals surface area contributed by atoms with Gasteiger partial charge in [-0.3, -0.25) is 10.1 Å². The van der Waals surface area contributed by atoms with Gasteiger partial charge in [0.15, 0.2) is 5.82 Å². The minimum Gasteiger partial charge on any atom is -0.358 e. The maximum Gasteiger partial charge on any atom is 0.335 e. The van der Waals surface area contributed by atoms with E-state index in [2.05, 4.69) is 41.4 Å². The zero-order chi connectivity index (χ0) is 25.8. The van der Waals surface area contributed by atoms with Gasteiger partial charge in [0, 0.05) is 12.8 Å². The lowest BCUT2D eigenvalue weighted by molar-refractivity contribution is -0.394. The van der Waals surface area contributed by atoms with E-state index in [4.69, 9.17) is 10.1 Å². The molecule has 14 nitrogen and oxygen atoms in total. The Morgan fingerprint density at radius 2 is 1.86 bits per heavy atom. The van der Waals surface area contributed by atoms with Crippen molar-refractivity contribution in [3.63, 3.8) is 0 Å². The van der Waals surface area contributed by atoms with Crippen molar-refractivity contribution in [1.82, 2.24) is 40.0 Å². The Morgan fingerprint density at radius 3 is 2.44 bits per heavy atom. The summed E-state index contributed by atoms with van der Waals surface area (Å²) >= 11 is 0. The third-order valence-corrected chi connectivity index (χ3v) is 5.58. The van der Waals surface area contributed by atoms with Gasteiger partial charge in [0.05, 0.1) is 11.5 Å². The molecule has 0 saturated heterocycles. The highest BCUT2D eigenvalue weighted by Gasteiger charge is 2.35. The number of unbranched alkanes of at least 4 members (excludes halogenated alkanes) is 1. The predicted molar refractivity (Wildman–Crippen MR) is 129 cm³/mol. The summed E-state index contributed by atoms with van der Waals surface area (Å²) in [6, 6.07) is 7.84. The molecule has 3 aromatic heterocycles. The monoisotopic (exact) mass is 494 g/mol. The lowest BCUT2D eigenvalue weighted by Gasteiger charge is -2.08. The first-order valence-electron chi connectivity index (χ1n) is 11.6. The number of rotatable bonds is 11. The molecule has 188 valence electrons. The van der Waals surface area contributed by atoms with E-state index in [0.717, 1.165) is 53.5 Å². The average Bonchev–Trinajstić information content (AvgIpc) is 3.56. The smallest absolute Gasteiger partial charge is 0.335 e. The highest BCUT2D eigenvalue weighted by atomic mass is 16.6. The number of nitro groups is 2. The number of hydrogen-bond donors (Lipinski definition) is 1. The molecule has 14 heteroatoms. The molecule has 0 radical (unpaired) electrons. The molecule has 0 saturated carbocycles. The molecule has 0 aliphatic rings. The van der Waals surface area contributed by atoms with E-state index < -0.39 is 21.4 Å². The standard InChI is InChI=1S/C22H26N10O4/c1-4-5-6-19-23-18(11-14(2)3)26-29(19)13-15-7-9-16(10-8-15)30-20(32(35)36)12-17(31(33)34)21(30)22-24-27-28-25-22/h7-10,12,14H,4-6,11,13H2,1-3H3,(H,24,25,27,28). The average molecular weight is 495 g/mol. The van der Waals surface area contributed by atoms with Gasteiger partial charge in [-0.05, 0) is 45.4 Å². The van der Waals surface area contributed by atoms with Gasteiger partial charge in [0.25, 0.3) is 5.69 Å². The number of tetrazole rings is 1. The molecule has 0 spiro atoms. The van der Waals surface area contributed by atoms with Crippen LogP contribution in [0.3, 0.4) is 0 Å². The van der Waals surface area contributed by atoms with Crippen LogP contribution in [0.1, 0.15) is 50.8 Å². The molecule has 1 N–H and O–H groups in total. The quantitative estimate of drug-likeness (QED) is 0.241. The summed E-state index contributed by atoms with van der Waals surface area (Å²) in [5.41, 5.74) is 0.672. The molecule has 4 aromatic rings. The van der Waals surface area contributed by atoms with E-state index in [1.54, 1.807) is 24.3 Å². The molecule has 0 fully saturated rings. The van der Waals surface area contributed by atoms with Gasteiger partial charge >= 0.3 is 11.5 Å². The molecule has 1 aromatic carbocycles. The Hall–Kier alpha value is -4.49. The van der Waals surface area contributed by atoms with Crippen molar-refractivity contribution in [2.24, 2.45) is 5.92 Å². The predicted octanol–water partition coefficient (Wildman–Crippen LogP) is 3.65. The van der Waals surface area contributed by atoms with Crippen molar-refractivity contribution in [3.8, 4) is 17.2 Å². The van der Waals surface area contributed by atoms with Crippen LogP contribution in [0.4, 0.5) is 11.5 Å². The van der Waals surface area contributed by atoms with Crippen LogP contribution in [0, 0.1) is 26.1 Å². The topological polar surface area (TPSA) is 176 Å². The summed E-state index contributed by atoms with van der Waals surface area (Å²) < 4.78 is 3.06. The highest BCUT2D eigenvalue weighted by Crippen LogP contribution is 2.37. The van der Waals surface area contributed by atoms with Crippen LogP contribution in [-0.2, 0) is 19.4 Å². The summed E-state index contributed by atoms with van der Waals surface area (Å²) in [7, 11) is 0. The first-order valence-corrected chi connectivity index (χ1v) is 11.6. The number of aryl methyl sites for hydroxylation is 1. The van der Waals surface area contributed by atoms with E-state index in [0.29, 0.717) is 18.2 Å². The van der Waals surface area contributed by atoms with Gasteiger partial charge in [-0.25, -0.2) is 14.8 Å². The normalized spacial score (nSPS) is 11.3. The fraction of sp³-hybridized carbons (Fsp3) is 0.409. The number of nitrogens with zero attached hydrogens (tertiary/aromatic N) is 9. The molecule has 0 aliphatic heterocycles. The second kappa shape index (κ2) is 10.4. The fourth-order valence-corrected chi connectivity index (χ4v) is 3.95. The zero-order valence-electron chi connectivity index (χ0n) is 20.2. The van der Waals surface area contributed by atoms with E-state index in [9.17, 15) is 20.2 Å². The summed E-state index contributed by atoms with van der Waals surface area (Å²) in [6.45, 7) is 6.86. The molecule has 4 rings (SSSR count). The van der Waals surface area contributed by atoms with Crippen LogP contribution in [0.25, 0.3) is 17.2 Å². The Labute approximate surface area is 205 Å². The van der Waals surface area contributed by atoms with Crippen LogP contribution in [0.2, 0.25) is 0 Å². The number of benzene rings is 1.